The fourth-order valence-corrected chi connectivity index (χ4v) is 2.67. The number of hydrogen-bond donors (Lipinski definition) is 1. The molecule has 0 aliphatic carbocycles. The van der Waals surface area contributed by atoms with Gasteiger partial charge in [-0.05, 0) is 42.6 Å². The van der Waals surface area contributed by atoms with Crippen molar-refractivity contribution in [3.8, 4) is 11.3 Å². The second-order valence-electron chi connectivity index (χ2n) is 5.66. The SMILES string of the molecule is CN1C(=O)C(=Cc2ccc(-c3cccc(C(=O)O)c3)o2)C(=O)N(C)C1=S. The van der Waals surface area contributed by atoms with Gasteiger partial charge < -0.3 is 9.52 Å². The highest BCUT2D eigenvalue weighted by Gasteiger charge is 2.35. The molecule has 1 aromatic heterocycles. The molecule has 1 aliphatic heterocycles. The van der Waals surface area contributed by atoms with E-state index in [-0.39, 0.29) is 16.2 Å². The Morgan fingerprint density at radius 3 is 2.38 bits per heavy atom. The summed E-state index contributed by atoms with van der Waals surface area (Å²) in [6.07, 6.45) is 1.35. The zero-order valence-electron chi connectivity index (χ0n) is 13.9. The molecule has 3 rings (SSSR count). The quantitative estimate of drug-likeness (QED) is 0.506. The Morgan fingerprint density at radius 1 is 1.12 bits per heavy atom. The van der Waals surface area contributed by atoms with Crippen molar-refractivity contribution in [1.82, 2.24) is 9.80 Å². The van der Waals surface area contributed by atoms with Gasteiger partial charge in [-0.25, -0.2) is 4.79 Å². The molecular formula is C18H14N2O5S. The van der Waals surface area contributed by atoms with E-state index in [4.69, 9.17) is 21.7 Å². The first-order valence-electron chi connectivity index (χ1n) is 7.55. The fourth-order valence-electron chi connectivity index (χ4n) is 2.51. The lowest BCUT2D eigenvalue weighted by atomic mass is 10.1. The molecule has 0 radical (unpaired) electrons. The van der Waals surface area contributed by atoms with Crippen LogP contribution in [0.3, 0.4) is 0 Å². The molecule has 1 N–H and O–H groups in total. The molecule has 0 atom stereocenters. The van der Waals surface area contributed by atoms with E-state index >= 15 is 0 Å². The van der Waals surface area contributed by atoms with Gasteiger partial charge in [0.1, 0.15) is 17.1 Å². The normalized spacial score (nSPS) is 14.8. The minimum Gasteiger partial charge on any atom is -0.478 e. The van der Waals surface area contributed by atoms with Gasteiger partial charge in [-0.15, -0.1) is 0 Å². The number of carboxylic acid groups (broad SMARTS) is 1. The van der Waals surface area contributed by atoms with Gasteiger partial charge in [0.25, 0.3) is 11.8 Å². The van der Waals surface area contributed by atoms with Crippen molar-refractivity contribution < 1.29 is 23.9 Å². The number of rotatable bonds is 3. The van der Waals surface area contributed by atoms with Crippen molar-refractivity contribution >= 4 is 41.2 Å². The summed E-state index contributed by atoms with van der Waals surface area (Å²) in [5.74, 6) is -1.34. The monoisotopic (exact) mass is 370 g/mol. The number of carbonyl (C=O) groups excluding carboxylic acids is 2. The molecule has 1 saturated heterocycles. The van der Waals surface area contributed by atoms with Crippen LogP contribution in [0.4, 0.5) is 0 Å². The minimum absolute atomic E-state index is 0.0659. The molecule has 1 aliphatic rings. The van der Waals surface area contributed by atoms with Gasteiger partial charge in [-0.2, -0.15) is 0 Å². The Hall–Kier alpha value is -3.26. The Morgan fingerprint density at radius 2 is 1.77 bits per heavy atom. The van der Waals surface area contributed by atoms with Gasteiger partial charge in [-0.1, -0.05) is 12.1 Å². The summed E-state index contributed by atoms with van der Waals surface area (Å²) in [7, 11) is 2.98. The van der Waals surface area contributed by atoms with Gasteiger partial charge in [-0.3, -0.25) is 19.4 Å². The number of amides is 2. The number of hydrogen-bond acceptors (Lipinski definition) is 5. The van der Waals surface area contributed by atoms with Crippen molar-refractivity contribution in [2.75, 3.05) is 14.1 Å². The summed E-state index contributed by atoms with van der Waals surface area (Å²) in [4.78, 5) is 38.1. The van der Waals surface area contributed by atoms with E-state index in [1.54, 1.807) is 24.3 Å². The minimum atomic E-state index is -1.04. The lowest BCUT2D eigenvalue weighted by molar-refractivity contribution is -0.132. The molecule has 0 bridgehead atoms. The molecule has 26 heavy (non-hydrogen) atoms. The summed E-state index contributed by atoms with van der Waals surface area (Å²) < 4.78 is 5.66. The fraction of sp³-hybridized carbons (Fsp3) is 0.111. The van der Waals surface area contributed by atoms with Gasteiger partial charge in [0, 0.05) is 19.7 Å². The summed E-state index contributed by atoms with van der Waals surface area (Å²) in [6, 6.07) is 9.52. The average Bonchev–Trinajstić information content (AvgIpc) is 3.11. The van der Waals surface area contributed by atoms with Crippen LogP contribution in [0.1, 0.15) is 16.1 Å². The number of nitrogens with zero attached hydrogens (tertiary/aromatic N) is 2. The van der Waals surface area contributed by atoms with Crippen LogP contribution in [-0.2, 0) is 9.59 Å². The lowest BCUT2D eigenvalue weighted by Gasteiger charge is -2.31. The van der Waals surface area contributed by atoms with Crippen molar-refractivity contribution in [3.05, 3.63) is 53.3 Å². The van der Waals surface area contributed by atoms with Crippen molar-refractivity contribution in [2.45, 2.75) is 0 Å². The largest absolute Gasteiger partial charge is 0.478 e. The zero-order chi connectivity index (χ0) is 19.0. The zero-order valence-corrected chi connectivity index (χ0v) is 14.7. The smallest absolute Gasteiger partial charge is 0.335 e. The molecule has 1 fully saturated rings. The second kappa shape index (κ2) is 6.57. The third kappa shape index (κ3) is 3.02. The molecule has 0 spiro atoms. The molecule has 1 aromatic carbocycles. The number of thiocarbonyl (C=S) groups is 1. The summed E-state index contributed by atoms with van der Waals surface area (Å²) in [6.45, 7) is 0. The maximum absolute atomic E-state index is 12.3. The van der Waals surface area contributed by atoms with Crippen LogP contribution < -0.4 is 0 Å². The van der Waals surface area contributed by atoms with E-state index in [9.17, 15) is 14.4 Å². The topological polar surface area (TPSA) is 91.1 Å². The highest BCUT2D eigenvalue weighted by molar-refractivity contribution is 7.80. The Labute approximate surface area is 154 Å². The number of carbonyl (C=O) groups is 3. The highest BCUT2D eigenvalue weighted by Crippen LogP contribution is 2.25. The van der Waals surface area contributed by atoms with Crippen LogP contribution in [0.25, 0.3) is 17.4 Å². The van der Waals surface area contributed by atoms with E-state index in [0.717, 1.165) is 0 Å². The molecule has 2 heterocycles. The third-order valence-corrected chi connectivity index (χ3v) is 4.50. The average molecular weight is 370 g/mol. The standard InChI is InChI=1S/C18H14N2O5S/c1-19-15(21)13(16(22)20(2)18(19)26)9-12-6-7-14(25-12)10-4-3-5-11(8-10)17(23)24/h3-9H,1-2H3,(H,23,24). The number of furan rings is 1. The Kier molecular flexibility index (Phi) is 4.43. The van der Waals surface area contributed by atoms with E-state index in [1.165, 1.54) is 42.1 Å². The predicted octanol–water partition coefficient (Wildman–Crippen LogP) is 2.24. The first kappa shape index (κ1) is 17.6. The van der Waals surface area contributed by atoms with Crippen LogP contribution in [0.5, 0.6) is 0 Å². The Balaban J connectivity index is 1.95. The first-order valence-corrected chi connectivity index (χ1v) is 7.95. The summed E-state index contributed by atoms with van der Waals surface area (Å²) in [5, 5.41) is 9.20. The van der Waals surface area contributed by atoms with Crippen molar-refractivity contribution in [3.63, 3.8) is 0 Å². The number of benzene rings is 1. The molecule has 2 amide bonds. The highest BCUT2D eigenvalue weighted by atomic mass is 32.1. The van der Waals surface area contributed by atoms with Crippen molar-refractivity contribution in [1.29, 1.82) is 0 Å². The molecule has 2 aromatic rings. The molecule has 132 valence electrons. The number of aromatic carboxylic acids is 1. The maximum atomic E-state index is 12.3. The van der Waals surface area contributed by atoms with Crippen LogP contribution in [0.2, 0.25) is 0 Å². The molecule has 0 unspecified atom stereocenters. The first-order chi connectivity index (χ1) is 12.3. The number of likely N-dealkylation sites (N-methyl/N-ethyl adjacent to an activating group) is 2. The number of carboxylic acids is 1. The van der Waals surface area contributed by atoms with Crippen LogP contribution in [-0.4, -0.2) is 51.9 Å². The summed E-state index contributed by atoms with van der Waals surface area (Å²) >= 11 is 5.04. The molecule has 7 nitrogen and oxygen atoms in total. The third-order valence-electron chi connectivity index (χ3n) is 3.95. The van der Waals surface area contributed by atoms with Crippen LogP contribution in [0.15, 0.2) is 46.4 Å². The van der Waals surface area contributed by atoms with Crippen LogP contribution >= 0.6 is 12.2 Å². The van der Waals surface area contributed by atoms with Gasteiger partial charge >= 0.3 is 5.97 Å². The lowest BCUT2D eigenvalue weighted by Crippen LogP contribution is -2.52. The predicted molar refractivity (Wildman–Crippen MR) is 97.2 cm³/mol. The maximum Gasteiger partial charge on any atom is 0.335 e. The van der Waals surface area contributed by atoms with Gasteiger partial charge in [0.05, 0.1) is 5.56 Å². The Bertz CT molecular complexity index is 949. The summed E-state index contributed by atoms with van der Waals surface area (Å²) in [5.41, 5.74) is 0.642. The van der Waals surface area contributed by atoms with Crippen molar-refractivity contribution in [2.24, 2.45) is 0 Å². The van der Waals surface area contributed by atoms with Gasteiger partial charge in [0.15, 0.2) is 5.11 Å². The second-order valence-corrected chi connectivity index (χ2v) is 6.02. The van der Waals surface area contributed by atoms with E-state index < -0.39 is 17.8 Å². The molecule has 0 saturated carbocycles. The van der Waals surface area contributed by atoms with E-state index in [0.29, 0.717) is 17.1 Å². The van der Waals surface area contributed by atoms with Gasteiger partial charge in [0.2, 0.25) is 0 Å². The molecule has 8 heteroatoms. The van der Waals surface area contributed by atoms with Crippen LogP contribution in [0, 0.1) is 0 Å². The molecular weight excluding hydrogens is 356 g/mol. The van der Waals surface area contributed by atoms with E-state index in [2.05, 4.69) is 0 Å². The van der Waals surface area contributed by atoms with E-state index in [1.807, 2.05) is 0 Å².